The first-order valence-electron chi connectivity index (χ1n) is 7.51. The summed E-state index contributed by atoms with van der Waals surface area (Å²) in [6.07, 6.45) is 3.63. The van der Waals surface area contributed by atoms with Gasteiger partial charge in [-0.2, -0.15) is 0 Å². The molecule has 0 amide bonds. The summed E-state index contributed by atoms with van der Waals surface area (Å²) in [5, 5.41) is 0. The summed E-state index contributed by atoms with van der Waals surface area (Å²) in [5.41, 5.74) is 4.17. The second kappa shape index (κ2) is 5.57. The van der Waals surface area contributed by atoms with Crippen molar-refractivity contribution in [1.82, 2.24) is 19.1 Å². The first kappa shape index (κ1) is 13.5. The Bertz CT molecular complexity index is 1030. The van der Waals surface area contributed by atoms with Gasteiger partial charge in [-0.25, -0.2) is 9.97 Å². The molecule has 2 aromatic carbocycles. The number of para-hydroxylation sites is 4. The Labute approximate surface area is 134 Å². The van der Waals surface area contributed by atoms with Crippen molar-refractivity contribution in [3.63, 3.8) is 0 Å². The van der Waals surface area contributed by atoms with Gasteiger partial charge in [0.2, 0.25) is 0 Å². The van der Waals surface area contributed by atoms with Crippen LogP contribution in [-0.2, 0) is 7.05 Å². The van der Waals surface area contributed by atoms with Crippen LogP contribution in [-0.4, -0.2) is 19.1 Å². The number of benzene rings is 2. The molecule has 4 rings (SSSR count). The second-order valence-electron chi connectivity index (χ2n) is 5.34. The van der Waals surface area contributed by atoms with E-state index < -0.39 is 0 Å². The highest BCUT2D eigenvalue weighted by Gasteiger charge is 2.04. The zero-order valence-electron chi connectivity index (χ0n) is 12.8. The van der Waals surface area contributed by atoms with Crippen LogP contribution < -0.4 is 0 Å². The monoisotopic (exact) mass is 300 g/mol. The number of aromatic nitrogens is 4. The molecule has 0 aliphatic carbocycles. The van der Waals surface area contributed by atoms with Crippen molar-refractivity contribution in [1.29, 1.82) is 0 Å². The quantitative estimate of drug-likeness (QED) is 0.532. The largest absolute Gasteiger partial charge is 0.341 e. The molecule has 0 fully saturated rings. The Kier molecular flexibility index (Phi) is 3.27. The van der Waals surface area contributed by atoms with Crippen molar-refractivity contribution < 1.29 is 0 Å². The highest BCUT2D eigenvalue weighted by Crippen LogP contribution is 2.18. The Morgan fingerprint density at radius 3 is 2.17 bits per heavy atom. The van der Waals surface area contributed by atoms with E-state index in [-0.39, 0.29) is 0 Å². The van der Waals surface area contributed by atoms with Gasteiger partial charge in [0.05, 0.1) is 22.1 Å². The maximum absolute atomic E-state index is 4.67. The summed E-state index contributed by atoms with van der Waals surface area (Å²) in [6, 6.07) is 22.3. The Balaban J connectivity index is 2.22. The zero-order chi connectivity index (χ0) is 15.6. The number of hydrogen-bond donors (Lipinski definition) is 0. The van der Waals surface area contributed by atoms with Crippen LogP contribution in [0.15, 0.2) is 79.3 Å². The Morgan fingerprint density at radius 1 is 0.696 bits per heavy atom. The summed E-state index contributed by atoms with van der Waals surface area (Å²) in [5.74, 6) is 0.844. The number of hydrogen-bond acceptors (Lipinski definition) is 2. The number of pyridine rings is 1. The van der Waals surface area contributed by atoms with Crippen LogP contribution in [0.1, 0.15) is 0 Å². The lowest BCUT2D eigenvalue weighted by atomic mass is 10.2. The van der Waals surface area contributed by atoms with E-state index in [4.69, 9.17) is 0 Å². The predicted molar refractivity (Wildman–Crippen MR) is 93.0 cm³/mol. The van der Waals surface area contributed by atoms with Crippen LogP contribution in [0.2, 0.25) is 0 Å². The molecule has 23 heavy (non-hydrogen) atoms. The number of fused-ring (bicyclic) bond motifs is 2. The molecule has 0 radical (unpaired) electrons. The zero-order valence-corrected chi connectivity index (χ0v) is 12.8. The van der Waals surface area contributed by atoms with Crippen molar-refractivity contribution in [3.05, 3.63) is 79.3 Å². The van der Waals surface area contributed by atoms with Crippen LogP contribution in [0, 0.1) is 0 Å². The average molecular weight is 300 g/mol. The molecular weight excluding hydrogens is 284 g/mol. The van der Waals surface area contributed by atoms with Gasteiger partial charge in [0, 0.05) is 13.2 Å². The summed E-state index contributed by atoms with van der Waals surface area (Å²) in [6.45, 7) is 0. The summed E-state index contributed by atoms with van der Waals surface area (Å²) >= 11 is 0. The smallest absolute Gasteiger partial charge is 0.138 e. The van der Waals surface area contributed by atoms with E-state index in [9.17, 15) is 0 Å². The van der Waals surface area contributed by atoms with E-state index in [1.165, 1.54) is 0 Å². The van der Waals surface area contributed by atoms with Crippen molar-refractivity contribution in [3.8, 4) is 5.82 Å². The lowest BCUT2D eigenvalue weighted by Crippen LogP contribution is -2.03. The molecule has 0 spiro atoms. The minimum atomic E-state index is 0.844. The van der Waals surface area contributed by atoms with Crippen molar-refractivity contribution in [2.24, 2.45) is 7.05 Å². The van der Waals surface area contributed by atoms with E-state index in [2.05, 4.69) is 39.8 Å². The van der Waals surface area contributed by atoms with Crippen molar-refractivity contribution in [2.75, 3.05) is 0 Å². The molecule has 112 valence electrons. The van der Waals surface area contributed by atoms with Crippen LogP contribution in [0.4, 0.5) is 0 Å². The lowest BCUT2D eigenvalue weighted by Gasteiger charge is -2.12. The maximum atomic E-state index is 4.67. The Hall–Kier alpha value is -3.14. The van der Waals surface area contributed by atoms with Gasteiger partial charge in [-0.1, -0.05) is 30.3 Å². The predicted octanol–water partition coefficient (Wildman–Crippen LogP) is 4.04. The fraction of sp³-hybridized carbons (Fsp3) is 0.0526. The molecule has 2 aromatic heterocycles. The molecule has 0 unspecified atom stereocenters. The molecule has 0 saturated heterocycles. The molecule has 0 atom stereocenters. The molecule has 0 aliphatic heterocycles. The molecule has 0 N–H and O–H groups in total. The fourth-order valence-electron chi connectivity index (χ4n) is 2.80. The van der Waals surface area contributed by atoms with E-state index in [0.717, 1.165) is 27.9 Å². The third kappa shape index (κ3) is 2.34. The van der Waals surface area contributed by atoms with Gasteiger partial charge in [-0.3, -0.25) is 4.57 Å². The maximum Gasteiger partial charge on any atom is 0.138 e. The van der Waals surface area contributed by atoms with Crippen molar-refractivity contribution in [2.45, 2.75) is 0 Å². The highest BCUT2D eigenvalue weighted by molar-refractivity contribution is 5.83. The first-order valence-corrected chi connectivity index (χ1v) is 7.51. The molecule has 0 saturated carbocycles. The third-order valence-corrected chi connectivity index (χ3v) is 3.95. The van der Waals surface area contributed by atoms with E-state index >= 15 is 0 Å². The Morgan fingerprint density at radius 2 is 1.39 bits per heavy atom. The molecule has 4 heteroatoms. The minimum absolute atomic E-state index is 0.844. The molecule has 4 nitrogen and oxygen atoms in total. The van der Waals surface area contributed by atoms with E-state index in [1.807, 2.05) is 59.4 Å². The minimum Gasteiger partial charge on any atom is -0.341 e. The third-order valence-electron chi connectivity index (χ3n) is 3.95. The molecule has 2 heterocycles. The normalized spacial score (nSPS) is 10.8. The second-order valence-corrected chi connectivity index (χ2v) is 5.34. The number of nitrogens with zero attached hydrogens (tertiary/aromatic N) is 4. The first-order chi connectivity index (χ1) is 11.3. The SMILES string of the molecule is Cn1c2ccccc2ncn(-c2ccccn2)c2ccccc21. The van der Waals surface area contributed by atoms with Gasteiger partial charge in [-0.05, 0) is 36.4 Å². The van der Waals surface area contributed by atoms with Crippen LogP contribution >= 0.6 is 0 Å². The van der Waals surface area contributed by atoms with Gasteiger partial charge < -0.3 is 4.57 Å². The van der Waals surface area contributed by atoms with Crippen LogP contribution in [0.5, 0.6) is 0 Å². The van der Waals surface area contributed by atoms with Gasteiger partial charge in [-0.15, -0.1) is 0 Å². The van der Waals surface area contributed by atoms with Gasteiger partial charge in [0.15, 0.2) is 0 Å². The van der Waals surface area contributed by atoms with Gasteiger partial charge in [0.25, 0.3) is 0 Å². The van der Waals surface area contributed by atoms with Crippen LogP contribution in [0.3, 0.4) is 0 Å². The van der Waals surface area contributed by atoms with Crippen LogP contribution in [0.25, 0.3) is 27.9 Å². The topological polar surface area (TPSA) is 35.6 Å². The summed E-state index contributed by atoms with van der Waals surface area (Å²) < 4.78 is 4.18. The van der Waals surface area contributed by atoms with E-state index in [0.29, 0.717) is 0 Å². The van der Waals surface area contributed by atoms with Gasteiger partial charge >= 0.3 is 0 Å². The number of aryl methyl sites for hydroxylation is 1. The molecule has 4 aromatic rings. The highest BCUT2D eigenvalue weighted by atomic mass is 15.1. The number of rotatable bonds is 1. The van der Waals surface area contributed by atoms with Crippen molar-refractivity contribution >= 4 is 22.1 Å². The molecular formula is C19H16N4. The lowest BCUT2D eigenvalue weighted by molar-refractivity contribution is 0.958. The average Bonchev–Trinajstić information content (AvgIpc) is 2.62. The fourth-order valence-corrected chi connectivity index (χ4v) is 2.80. The standard InChI is InChI=1S/C19H16N4/c1-22-16-9-3-2-8-15(16)21-14-23(19-12-6-7-13-20-19)18-11-5-4-10-17(18)22/h2-14H,1H3. The summed E-state index contributed by atoms with van der Waals surface area (Å²) in [7, 11) is 2.06. The molecule has 0 aliphatic rings. The summed E-state index contributed by atoms with van der Waals surface area (Å²) in [4.78, 5) is 9.14. The van der Waals surface area contributed by atoms with Gasteiger partial charge in [0.1, 0.15) is 12.1 Å². The molecule has 0 bridgehead atoms. The van der Waals surface area contributed by atoms with E-state index in [1.54, 1.807) is 6.20 Å².